The van der Waals surface area contributed by atoms with Gasteiger partial charge in [-0.3, -0.25) is 0 Å². The molecular formula is C13H14FNO3. The number of oxime groups is 1. The summed E-state index contributed by atoms with van der Waals surface area (Å²) in [6.45, 7) is 0. The van der Waals surface area contributed by atoms with Gasteiger partial charge in [0.25, 0.3) is 0 Å². The summed E-state index contributed by atoms with van der Waals surface area (Å²) in [6.07, 6.45) is 1.52. The van der Waals surface area contributed by atoms with Gasteiger partial charge >= 0.3 is 0 Å². The predicted molar refractivity (Wildman–Crippen MR) is 62.5 cm³/mol. The number of hydrogen-bond donors (Lipinski definition) is 2. The molecule has 0 saturated heterocycles. The second-order valence-electron chi connectivity index (χ2n) is 4.81. The van der Waals surface area contributed by atoms with Crippen LogP contribution in [0.15, 0.2) is 23.4 Å². The molecule has 1 aliphatic heterocycles. The molecule has 0 aromatic heterocycles. The highest BCUT2D eigenvalue weighted by Gasteiger charge is 2.42. The second-order valence-corrected chi connectivity index (χ2v) is 4.81. The molecule has 18 heavy (non-hydrogen) atoms. The van der Waals surface area contributed by atoms with Crippen molar-refractivity contribution in [2.24, 2.45) is 11.1 Å². The van der Waals surface area contributed by atoms with E-state index < -0.39 is 11.9 Å². The average molecular weight is 251 g/mol. The maximum atomic E-state index is 13.3. The third-order valence-corrected chi connectivity index (χ3v) is 3.72. The van der Waals surface area contributed by atoms with Crippen LogP contribution >= 0.6 is 0 Å². The lowest BCUT2D eigenvalue weighted by Crippen LogP contribution is -2.47. The fraction of sp³-hybridized carbons (Fsp3) is 0.462. The van der Waals surface area contributed by atoms with Crippen molar-refractivity contribution in [3.05, 3.63) is 29.6 Å². The lowest BCUT2D eigenvalue weighted by molar-refractivity contribution is 0.0150. The van der Waals surface area contributed by atoms with Crippen molar-refractivity contribution in [3.63, 3.8) is 0 Å². The fourth-order valence-corrected chi connectivity index (χ4v) is 2.89. The number of aliphatic hydroxyl groups excluding tert-OH is 1. The lowest BCUT2D eigenvalue weighted by Gasteiger charge is -2.39. The third kappa shape index (κ3) is 1.66. The number of benzene rings is 1. The molecule has 5 heteroatoms. The number of aliphatic hydroxyl groups is 1. The molecule has 0 amide bonds. The summed E-state index contributed by atoms with van der Waals surface area (Å²) in [6, 6.07) is 4.13. The van der Waals surface area contributed by atoms with Crippen LogP contribution in [0, 0.1) is 11.7 Å². The lowest BCUT2D eigenvalue weighted by atomic mass is 9.77. The minimum atomic E-state index is -0.605. The van der Waals surface area contributed by atoms with Crippen LogP contribution < -0.4 is 4.74 Å². The quantitative estimate of drug-likeness (QED) is 0.547. The van der Waals surface area contributed by atoms with E-state index in [1.54, 1.807) is 0 Å². The molecule has 1 aliphatic carbocycles. The Balaban J connectivity index is 2.10. The predicted octanol–water partition coefficient (Wildman–Crippen LogP) is 1.93. The summed E-state index contributed by atoms with van der Waals surface area (Å²) in [5.41, 5.74) is 0.757. The van der Waals surface area contributed by atoms with Crippen molar-refractivity contribution >= 4 is 5.71 Å². The van der Waals surface area contributed by atoms with Gasteiger partial charge in [-0.25, -0.2) is 4.39 Å². The zero-order chi connectivity index (χ0) is 12.7. The van der Waals surface area contributed by atoms with E-state index >= 15 is 0 Å². The van der Waals surface area contributed by atoms with Gasteiger partial charge in [0.1, 0.15) is 17.7 Å². The van der Waals surface area contributed by atoms with Gasteiger partial charge < -0.3 is 15.1 Å². The van der Waals surface area contributed by atoms with Gasteiger partial charge in [-0.15, -0.1) is 0 Å². The Morgan fingerprint density at radius 3 is 2.94 bits per heavy atom. The van der Waals surface area contributed by atoms with Crippen LogP contribution in [0.25, 0.3) is 0 Å². The summed E-state index contributed by atoms with van der Waals surface area (Å²) >= 11 is 0. The minimum absolute atomic E-state index is 0.197. The Morgan fingerprint density at radius 1 is 1.33 bits per heavy atom. The normalized spacial score (nSPS) is 32.6. The summed E-state index contributed by atoms with van der Waals surface area (Å²) in [5, 5.41) is 22.5. The first-order valence-corrected chi connectivity index (χ1v) is 6.07. The summed E-state index contributed by atoms with van der Waals surface area (Å²) < 4.78 is 19.0. The van der Waals surface area contributed by atoms with E-state index in [-0.39, 0.29) is 12.0 Å². The molecule has 1 aromatic rings. The number of ether oxygens (including phenoxy) is 1. The summed E-state index contributed by atoms with van der Waals surface area (Å²) in [4.78, 5) is 0. The molecule has 0 spiro atoms. The first-order chi connectivity index (χ1) is 8.70. The maximum absolute atomic E-state index is 13.3. The van der Waals surface area contributed by atoms with E-state index in [4.69, 9.17) is 4.74 Å². The van der Waals surface area contributed by atoms with Gasteiger partial charge in [0, 0.05) is 5.56 Å². The van der Waals surface area contributed by atoms with Crippen molar-refractivity contribution in [1.82, 2.24) is 0 Å². The smallest absolute Gasteiger partial charge is 0.129 e. The van der Waals surface area contributed by atoms with Crippen molar-refractivity contribution < 1.29 is 19.4 Å². The molecule has 3 rings (SSSR count). The molecule has 1 heterocycles. The Bertz CT molecular complexity index is 503. The van der Waals surface area contributed by atoms with Crippen LogP contribution in [0.3, 0.4) is 0 Å². The first kappa shape index (κ1) is 11.5. The van der Waals surface area contributed by atoms with E-state index in [9.17, 15) is 14.7 Å². The molecule has 1 fully saturated rings. The number of rotatable bonds is 0. The van der Waals surface area contributed by atoms with E-state index in [1.807, 2.05) is 0 Å². The first-order valence-electron chi connectivity index (χ1n) is 6.07. The molecule has 1 aromatic carbocycles. The van der Waals surface area contributed by atoms with Crippen LogP contribution in [0.5, 0.6) is 5.75 Å². The largest absolute Gasteiger partial charge is 0.489 e. The SMILES string of the molecule is O/N=C1/c2cc(F)ccc2O[C@H]2CCC[C@@H](O)[C@@H]12. The van der Waals surface area contributed by atoms with Gasteiger partial charge in [0.15, 0.2) is 0 Å². The van der Waals surface area contributed by atoms with Crippen LogP contribution in [0.4, 0.5) is 4.39 Å². The van der Waals surface area contributed by atoms with Crippen LogP contribution in [-0.2, 0) is 0 Å². The Hall–Kier alpha value is -1.62. The molecule has 1 saturated carbocycles. The van der Waals surface area contributed by atoms with Crippen molar-refractivity contribution in [2.75, 3.05) is 0 Å². The highest BCUT2D eigenvalue weighted by Crippen LogP contribution is 2.38. The average Bonchev–Trinajstić information content (AvgIpc) is 2.37. The van der Waals surface area contributed by atoms with Gasteiger partial charge in [0.2, 0.25) is 0 Å². The molecule has 0 bridgehead atoms. The molecule has 0 unspecified atom stereocenters. The molecule has 3 atom stereocenters. The van der Waals surface area contributed by atoms with Gasteiger partial charge in [0.05, 0.1) is 17.7 Å². The zero-order valence-corrected chi connectivity index (χ0v) is 9.71. The topological polar surface area (TPSA) is 62.1 Å². The number of halogens is 1. The standard InChI is InChI=1S/C13H14FNO3/c14-7-4-5-10-8(6-7)13(15-17)12-9(16)2-1-3-11(12)18-10/h4-6,9,11-12,16-17H,1-3H2/b15-13-/t9-,11+,12-/m1/s1. The maximum Gasteiger partial charge on any atom is 0.129 e. The van der Waals surface area contributed by atoms with E-state index in [2.05, 4.69) is 5.16 Å². The molecule has 0 radical (unpaired) electrons. The fourth-order valence-electron chi connectivity index (χ4n) is 2.89. The number of nitrogens with zero attached hydrogens (tertiary/aromatic N) is 1. The van der Waals surface area contributed by atoms with Crippen LogP contribution in [0.2, 0.25) is 0 Å². The molecule has 2 N–H and O–H groups in total. The Morgan fingerprint density at radius 2 is 2.17 bits per heavy atom. The van der Waals surface area contributed by atoms with Crippen molar-refractivity contribution in [3.8, 4) is 5.75 Å². The minimum Gasteiger partial charge on any atom is -0.489 e. The van der Waals surface area contributed by atoms with Crippen molar-refractivity contribution in [2.45, 2.75) is 31.5 Å². The van der Waals surface area contributed by atoms with E-state index in [0.29, 0.717) is 23.4 Å². The second kappa shape index (κ2) is 4.24. The zero-order valence-electron chi connectivity index (χ0n) is 9.71. The van der Waals surface area contributed by atoms with Crippen molar-refractivity contribution in [1.29, 1.82) is 0 Å². The molecule has 4 nitrogen and oxygen atoms in total. The monoisotopic (exact) mass is 251 g/mol. The summed E-state index contributed by atoms with van der Waals surface area (Å²) in [5.74, 6) is -0.278. The van der Waals surface area contributed by atoms with E-state index in [1.165, 1.54) is 18.2 Å². The van der Waals surface area contributed by atoms with Crippen LogP contribution in [-0.4, -0.2) is 28.2 Å². The third-order valence-electron chi connectivity index (χ3n) is 3.72. The van der Waals surface area contributed by atoms with Crippen LogP contribution in [0.1, 0.15) is 24.8 Å². The highest BCUT2D eigenvalue weighted by molar-refractivity contribution is 6.05. The van der Waals surface area contributed by atoms with Gasteiger partial charge in [-0.2, -0.15) is 0 Å². The molecular weight excluding hydrogens is 237 g/mol. The number of fused-ring (bicyclic) bond motifs is 2. The number of hydrogen-bond acceptors (Lipinski definition) is 4. The highest BCUT2D eigenvalue weighted by atomic mass is 19.1. The van der Waals surface area contributed by atoms with E-state index in [0.717, 1.165) is 12.8 Å². The molecule has 96 valence electrons. The Kier molecular flexibility index (Phi) is 2.70. The van der Waals surface area contributed by atoms with Gasteiger partial charge in [-0.05, 0) is 37.5 Å². The summed E-state index contributed by atoms with van der Waals surface area (Å²) in [7, 11) is 0. The van der Waals surface area contributed by atoms with Gasteiger partial charge in [-0.1, -0.05) is 5.16 Å². The molecule has 2 aliphatic rings. The Labute approximate surface area is 104 Å².